The van der Waals surface area contributed by atoms with E-state index in [1.54, 1.807) is 0 Å². The molecule has 0 aliphatic heterocycles. The minimum absolute atomic E-state index is 0.635. The monoisotopic (exact) mass is 340 g/mol. The molecule has 1 aromatic carbocycles. The van der Waals surface area contributed by atoms with E-state index in [1.165, 1.54) is 24.8 Å². The normalized spacial score (nSPS) is 22.1. The molecule has 0 amide bonds. The van der Waals surface area contributed by atoms with Gasteiger partial charge >= 0.3 is 0 Å². The van der Waals surface area contributed by atoms with Crippen LogP contribution in [0, 0.1) is 5.92 Å². The summed E-state index contributed by atoms with van der Waals surface area (Å²) in [6, 6.07) is 7.01. The number of hydrogen-bond donors (Lipinski definition) is 0. The molecular formula is C15H18BrClN2. The second-order valence-electron chi connectivity index (χ2n) is 5.32. The summed E-state index contributed by atoms with van der Waals surface area (Å²) in [5.41, 5.74) is 2.34. The second-order valence-corrected chi connectivity index (χ2v) is 6.62. The van der Waals surface area contributed by atoms with Gasteiger partial charge in [-0.25, -0.2) is 4.98 Å². The van der Waals surface area contributed by atoms with Gasteiger partial charge in [0.05, 0.1) is 11.0 Å². The lowest BCUT2D eigenvalue weighted by Gasteiger charge is -2.08. The molecule has 19 heavy (non-hydrogen) atoms. The maximum atomic E-state index is 5.93. The first-order valence-corrected chi connectivity index (χ1v) is 8.29. The summed E-state index contributed by atoms with van der Waals surface area (Å²) in [6.45, 7) is 2.26. The molecule has 2 unspecified atom stereocenters. The number of fused-ring (bicyclic) bond motifs is 1. The zero-order valence-corrected chi connectivity index (χ0v) is 13.4. The topological polar surface area (TPSA) is 17.8 Å². The smallest absolute Gasteiger partial charge is 0.111 e. The summed E-state index contributed by atoms with van der Waals surface area (Å²) < 4.78 is 3.52. The summed E-state index contributed by atoms with van der Waals surface area (Å²) >= 11 is 9.45. The zero-order chi connectivity index (χ0) is 13.4. The van der Waals surface area contributed by atoms with Crippen LogP contribution in [0.5, 0.6) is 0 Å². The molecule has 3 rings (SSSR count). The summed E-state index contributed by atoms with van der Waals surface area (Å²) in [5.74, 6) is 2.61. The summed E-state index contributed by atoms with van der Waals surface area (Å²) in [5, 5.41) is 0. The standard InChI is InChI=1S/C15H18BrClN2/c1-2-3-10-8-14(10)19-13-5-4-11(16)9-12(13)18-15(19)6-7-17/h4-5,9-10,14H,2-3,6-8H2,1H3. The van der Waals surface area contributed by atoms with Crippen molar-refractivity contribution in [2.45, 2.75) is 38.6 Å². The SMILES string of the molecule is CCCC1CC1n1c(CCCl)nc2cc(Br)ccc21. The van der Waals surface area contributed by atoms with E-state index >= 15 is 0 Å². The van der Waals surface area contributed by atoms with Gasteiger partial charge < -0.3 is 4.57 Å². The van der Waals surface area contributed by atoms with Gasteiger partial charge in [0.25, 0.3) is 0 Å². The number of alkyl halides is 1. The Bertz CT molecular complexity index is 593. The van der Waals surface area contributed by atoms with Crippen molar-refractivity contribution in [3.05, 3.63) is 28.5 Å². The minimum Gasteiger partial charge on any atom is -0.325 e. The fraction of sp³-hybridized carbons (Fsp3) is 0.533. The number of rotatable bonds is 5. The quantitative estimate of drug-likeness (QED) is 0.704. The number of imidazole rings is 1. The highest BCUT2D eigenvalue weighted by atomic mass is 79.9. The van der Waals surface area contributed by atoms with Gasteiger partial charge in [-0.3, -0.25) is 0 Å². The fourth-order valence-electron chi connectivity index (χ4n) is 2.98. The predicted molar refractivity (Wildman–Crippen MR) is 83.9 cm³/mol. The Labute approximate surface area is 127 Å². The maximum Gasteiger partial charge on any atom is 0.111 e. The Morgan fingerprint density at radius 3 is 3.05 bits per heavy atom. The first kappa shape index (κ1) is 13.4. The molecular weight excluding hydrogens is 324 g/mol. The number of aryl methyl sites for hydroxylation is 1. The molecule has 2 nitrogen and oxygen atoms in total. The average Bonchev–Trinajstić information content (AvgIpc) is 3.03. The third-order valence-electron chi connectivity index (χ3n) is 3.92. The lowest BCUT2D eigenvalue weighted by molar-refractivity contribution is 0.600. The third-order valence-corrected chi connectivity index (χ3v) is 4.60. The second kappa shape index (κ2) is 5.45. The van der Waals surface area contributed by atoms with Crippen LogP contribution in [0.2, 0.25) is 0 Å². The highest BCUT2D eigenvalue weighted by molar-refractivity contribution is 9.10. The van der Waals surface area contributed by atoms with Crippen molar-refractivity contribution in [2.24, 2.45) is 5.92 Å². The van der Waals surface area contributed by atoms with Gasteiger partial charge in [-0.1, -0.05) is 29.3 Å². The van der Waals surface area contributed by atoms with E-state index < -0.39 is 0 Å². The van der Waals surface area contributed by atoms with E-state index in [-0.39, 0.29) is 0 Å². The molecule has 1 aliphatic rings. The van der Waals surface area contributed by atoms with Crippen LogP contribution in [0.15, 0.2) is 22.7 Å². The molecule has 1 aromatic heterocycles. The molecule has 2 atom stereocenters. The lowest BCUT2D eigenvalue weighted by Crippen LogP contribution is -2.04. The molecule has 102 valence electrons. The summed E-state index contributed by atoms with van der Waals surface area (Å²) in [6.07, 6.45) is 4.74. The van der Waals surface area contributed by atoms with Gasteiger partial charge in [0.15, 0.2) is 0 Å². The Morgan fingerprint density at radius 1 is 1.47 bits per heavy atom. The Kier molecular flexibility index (Phi) is 3.86. The predicted octanol–water partition coefficient (Wildman–Crippen LogP) is 4.94. The molecule has 0 saturated heterocycles. The van der Waals surface area contributed by atoms with Crippen LogP contribution in [0.25, 0.3) is 11.0 Å². The fourth-order valence-corrected chi connectivity index (χ4v) is 3.50. The maximum absolute atomic E-state index is 5.93. The molecule has 1 heterocycles. The molecule has 1 saturated carbocycles. The summed E-state index contributed by atoms with van der Waals surface area (Å²) in [7, 11) is 0. The van der Waals surface area contributed by atoms with Crippen LogP contribution >= 0.6 is 27.5 Å². The van der Waals surface area contributed by atoms with Crippen LogP contribution in [0.3, 0.4) is 0 Å². The van der Waals surface area contributed by atoms with Crippen LogP contribution in [-0.4, -0.2) is 15.4 Å². The number of aromatic nitrogens is 2. The minimum atomic E-state index is 0.635. The average molecular weight is 342 g/mol. The molecule has 0 radical (unpaired) electrons. The lowest BCUT2D eigenvalue weighted by atomic mass is 10.2. The van der Waals surface area contributed by atoms with Gasteiger partial charge in [0.1, 0.15) is 5.82 Å². The molecule has 0 bridgehead atoms. The largest absolute Gasteiger partial charge is 0.325 e. The molecule has 1 aliphatic carbocycles. The van der Waals surface area contributed by atoms with Gasteiger partial charge in [-0.15, -0.1) is 11.6 Å². The van der Waals surface area contributed by atoms with E-state index in [0.29, 0.717) is 11.9 Å². The van der Waals surface area contributed by atoms with Crippen molar-refractivity contribution in [3.8, 4) is 0 Å². The Morgan fingerprint density at radius 2 is 2.32 bits per heavy atom. The number of benzene rings is 1. The van der Waals surface area contributed by atoms with Crippen molar-refractivity contribution in [2.75, 3.05) is 5.88 Å². The number of halogens is 2. The van der Waals surface area contributed by atoms with E-state index in [1.807, 2.05) is 0 Å². The number of nitrogens with zero attached hydrogens (tertiary/aromatic N) is 2. The van der Waals surface area contributed by atoms with E-state index in [4.69, 9.17) is 16.6 Å². The first-order chi connectivity index (χ1) is 9.24. The van der Waals surface area contributed by atoms with E-state index in [0.717, 1.165) is 28.2 Å². The van der Waals surface area contributed by atoms with Crippen LogP contribution < -0.4 is 0 Å². The first-order valence-electron chi connectivity index (χ1n) is 6.97. The van der Waals surface area contributed by atoms with Crippen molar-refractivity contribution in [1.82, 2.24) is 9.55 Å². The molecule has 4 heteroatoms. The molecule has 1 fully saturated rings. The third kappa shape index (κ3) is 2.55. The van der Waals surface area contributed by atoms with Gasteiger partial charge in [-0.05, 0) is 37.0 Å². The highest BCUT2D eigenvalue weighted by Gasteiger charge is 2.39. The van der Waals surface area contributed by atoms with Crippen LogP contribution in [-0.2, 0) is 6.42 Å². The van der Waals surface area contributed by atoms with Gasteiger partial charge in [0, 0.05) is 22.8 Å². The van der Waals surface area contributed by atoms with Crippen molar-refractivity contribution in [1.29, 1.82) is 0 Å². The van der Waals surface area contributed by atoms with Crippen LogP contribution in [0.4, 0.5) is 0 Å². The zero-order valence-electron chi connectivity index (χ0n) is 11.1. The van der Waals surface area contributed by atoms with Gasteiger partial charge in [0.2, 0.25) is 0 Å². The highest BCUT2D eigenvalue weighted by Crippen LogP contribution is 2.48. The number of hydrogen-bond acceptors (Lipinski definition) is 1. The molecule has 2 aromatic rings. The molecule has 0 spiro atoms. The van der Waals surface area contributed by atoms with E-state index in [9.17, 15) is 0 Å². The molecule has 0 N–H and O–H groups in total. The van der Waals surface area contributed by atoms with Crippen molar-refractivity contribution in [3.63, 3.8) is 0 Å². The van der Waals surface area contributed by atoms with E-state index in [2.05, 4.69) is 45.6 Å². The van der Waals surface area contributed by atoms with Crippen LogP contribution in [0.1, 0.15) is 38.1 Å². The Balaban J connectivity index is 2.02. The van der Waals surface area contributed by atoms with Gasteiger partial charge in [-0.2, -0.15) is 0 Å². The van der Waals surface area contributed by atoms with Crippen molar-refractivity contribution >= 4 is 38.6 Å². The summed E-state index contributed by atoms with van der Waals surface area (Å²) in [4.78, 5) is 4.77. The van der Waals surface area contributed by atoms with Crippen molar-refractivity contribution < 1.29 is 0 Å². The Hall–Kier alpha value is -0.540.